The Kier molecular flexibility index (Phi) is 2.56. The SMILES string of the molecule is [B]C1CC2(C(=O)OCC)CCN1CC2. The summed E-state index contributed by atoms with van der Waals surface area (Å²) in [4.78, 5) is 14.1. The molecule has 1 unspecified atom stereocenters. The molecule has 1 atom stereocenters. The fourth-order valence-corrected chi connectivity index (χ4v) is 2.59. The molecule has 3 aliphatic heterocycles. The van der Waals surface area contributed by atoms with E-state index in [1.165, 1.54) is 0 Å². The van der Waals surface area contributed by atoms with Crippen molar-refractivity contribution in [3.05, 3.63) is 0 Å². The molecule has 0 amide bonds. The highest BCUT2D eigenvalue weighted by atomic mass is 16.5. The van der Waals surface area contributed by atoms with Crippen LogP contribution in [0.15, 0.2) is 0 Å². The Balaban J connectivity index is 2.10. The van der Waals surface area contributed by atoms with Crippen molar-refractivity contribution in [3.8, 4) is 0 Å². The largest absolute Gasteiger partial charge is 0.466 e. The van der Waals surface area contributed by atoms with Gasteiger partial charge in [0.25, 0.3) is 0 Å². The fourth-order valence-electron chi connectivity index (χ4n) is 2.59. The van der Waals surface area contributed by atoms with E-state index in [1.54, 1.807) is 0 Å². The summed E-state index contributed by atoms with van der Waals surface area (Å²) in [6.45, 7) is 4.21. The minimum atomic E-state index is -0.260. The number of fused-ring (bicyclic) bond motifs is 3. The van der Waals surface area contributed by atoms with E-state index in [4.69, 9.17) is 12.6 Å². The normalized spacial score (nSPS) is 40.9. The first-order chi connectivity index (χ1) is 6.68. The summed E-state index contributed by atoms with van der Waals surface area (Å²) in [5.74, 6) is 0.0247. The fraction of sp³-hybridized carbons (Fsp3) is 0.900. The number of carbonyl (C=O) groups is 1. The maximum absolute atomic E-state index is 11.8. The van der Waals surface area contributed by atoms with Crippen molar-refractivity contribution in [1.29, 1.82) is 0 Å². The van der Waals surface area contributed by atoms with E-state index in [0.717, 1.165) is 32.4 Å². The Labute approximate surface area is 86.2 Å². The van der Waals surface area contributed by atoms with E-state index in [1.807, 2.05) is 6.92 Å². The highest BCUT2D eigenvalue weighted by Crippen LogP contribution is 2.43. The molecule has 3 aliphatic rings. The molecule has 14 heavy (non-hydrogen) atoms. The van der Waals surface area contributed by atoms with Crippen LogP contribution in [0.1, 0.15) is 26.2 Å². The van der Waals surface area contributed by atoms with Crippen LogP contribution in [0.5, 0.6) is 0 Å². The summed E-state index contributed by atoms with van der Waals surface area (Å²) < 4.78 is 5.14. The zero-order valence-electron chi connectivity index (χ0n) is 8.66. The Bertz CT molecular complexity index is 236. The lowest BCUT2D eigenvalue weighted by Crippen LogP contribution is -2.57. The third-order valence-electron chi connectivity index (χ3n) is 3.53. The number of carbonyl (C=O) groups excluding carboxylic acids is 1. The molecule has 4 heteroatoms. The lowest BCUT2D eigenvalue weighted by Gasteiger charge is -2.50. The van der Waals surface area contributed by atoms with Crippen molar-refractivity contribution in [2.24, 2.45) is 5.41 Å². The number of rotatable bonds is 2. The Hall–Kier alpha value is -0.505. The van der Waals surface area contributed by atoms with Gasteiger partial charge in [0.05, 0.1) is 19.9 Å². The first kappa shape index (κ1) is 10.0. The minimum absolute atomic E-state index is 0.0326. The summed E-state index contributed by atoms with van der Waals surface area (Å²) in [7, 11) is 5.96. The summed E-state index contributed by atoms with van der Waals surface area (Å²) in [6.07, 6.45) is 2.60. The van der Waals surface area contributed by atoms with Crippen LogP contribution < -0.4 is 0 Å². The zero-order chi connectivity index (χ0) is 10.2. The molecule has 3 saturated heterocycles. The maximum Gasteiger partial charge on any atom is 0.312 e. The van der Waals surface area contributed by atoms with Crippen LogP contribution in [-0.2, 0) is 9.53 Å². The first-order valence-electron chi connectivity index (χ1n) is 5.35. The molecule has 76 valence electrons. The average molecular weight is 193 g/mol. The molecule has 0 aromatic heterocycles. The predicted molar refractivity (Wildman–Crippen MR) is 54.0 cm³/mol. The van der Waals surface area contributed by atoms with Crippen molar-refractivity contribution in [2.45, 2.75) is 32.1 Å². The lowest BCUT2D eigenvalue weighted by atomic mass is 9.65. The van der Waals surface area contributed by atoms with Crippen LogP contribution in [0.4, 0.5) is 0 Å². The molecule has 0 spiro atoms. The number of hydrogen-bond acceptors (Lipinski definition) is 3. The number of ether oxygens (including phenoxy) is 1. The van der Waals surface area contributed by atoms with Gasteiger partial charge in [-0.25, -0.2) is 0 Å². The smallest absolute Gasteiger partial charge is 0.312 e. The molecule has 3 heterocycles. The average Bonchev–Trinajstić information content (AvgIpc) is 2.19. The van der Waals surface area contributed by atoms with Crippen molar-refractivity contribution < 1.29 is 9.53 Å². The van der Waals surface area contributed by atoms with Crippen LogP contribution >= 0.6 is 0 Å². The molecular weight excluding hydrogens is 177 g/mol. The van der Waals surface area contributed by atoms with Gasteiger partial charge in [-0.2, -0.15) is 0 Å². The highest BCUT2D eigenvalue weighted by molar-refractivity contribution is 6.12. The highest BCUT2D eigenvalue weighted by Gasteiger charge is 2.48. The lowest BCUT2D eigenvalue weighted by molar-refractivity contribution is -0.164. The van der Waals surface area contributed by atoms with Crippen molar-refractivity contribution >= 4 is 13.8 Å². The second kappa shape index (κ2) is 3.57. The van der Waals surface area contributed by atoms with Gasteiger partial charge in [0.2, 0.25) is 0 Å². The molecule has 3 nitrogen and oxygen atoms in total. The summed E-state index contributed by atoms with van der Waals surface area (Å²) in [5, 5.41) is 0. The molecule has 0 aliphatic carbocycles. The standard InChI is InChI=1S/C10H16BNO2/c1-2-14-9(13)10-3-5-12(6-4-10)8(11)7-10/h8H,2-7H2,1H3. The van der Waals surface area contributed by atoms with Crippen molar-refractivity contribution in [2.75, 3.05) is 19.7 Å². The van der Waals surface area contributed by atoms with Gasteiger partial charge in [0.15, 0.2) is 0 Å². The Morgan fingerprint density at radius 2 is 2.21 bits per heavy atom. The van der Waals surface area contributed by atoms with Crippen LogP contribution in [0, 0.1) is 5.41 Å². The molecule has 3 rings (SSSR count). The van der Waals surface area contributed by atoms with Crippen molar-refractivity contribution in [1.82, 2.24) is 4.90 Å². The Morgan fingerprint density at radius 1 is 1.57 bits per heavy atom. The molecular formula is C10H16BNO2. The zero-order valence-corrected chi connectivity index (χ0v) is 8.66. The van der Waals surface area contributed by atoms with Crippen molar-refractivity contribution in [3.63, 3.8) is 0 Å². The summed E-state index contributed by atoms with van der Waals surface area (Å²) in [5.41, 5.74) is -0.260. The van der Waals surface area contributed by atoms with Gasteiger partial charge in [-0.15, -0.1) is 0 Å². The molecule has 0 aromatic carbocycles. The van der Waals surface area contributed by atoms with Gasteiger partial charge >= 0.3 is 5.97 Å². The number of esters is 1. The van der Waals surface area contributed by atoms with Gasteiger partial charge in [0.1, 0.15) is 0 Å². The van der Waals surface area contributed by atoms with Gasteiger partial charge in [-0.1, -0.05) is 0 Å². The molecule has 0 N–H and O–H groups in total. The molecule has 0 saturated carbocycles. The number of hydrogen-bond donors (Lipinski definition) is 0. The minimum Gasteiger partial charge on any atom is -0.466 e. The summed E-state index contributed by atoms with van der Waals surface area (Å²) >= 11 is 0. The molecule has 0 aromatic rings. The van der Waals surface area contributed by atoms with Gasteiger partial charge in [-0.05, 0) is 45.2 Å². The van der Waals surface area contributed by atoms with Gasteiger partial charge < -0.3 is 9.64 Å². The van der Waals surface area contributed by atoms with E-state index < -0.39 is 0 Å². The summed E-state index contributed by atoms with van der Waals surface area (Å²) in [6, 6.07) is 0. The number of nitrogens with zero attached hydrogens (tertiary/aromatic N) is 1. The van der Waals surface area contributed by atoms with Gasteiger partial charge in [-0.3, -0.25) is 4.79 Å². The third kappa shape index (κ3) is 1.46. The second-order valence-corrected chi connectivity index (χ2v) is 4.31. The quantitative estimate of drug-likeness (QED) is 0.473. The van der Waals surface area contributed by atoms with Crippen LogP contribution in [-0.4, -0.2) is 44.4 Å². The first-order valence-corrected chi connectivity index (χ1v) is 5.35. The predicted octanol–water partition coefficient (Wildman–Crippen LogP) is 0.530. The van der Waals surface area contributed by atoms with E-state index in [-0.39, 0.29) is 17.3 Å². The van der Waals surface area contributed by atoms with E-state index >= 15 is 0 Å². The van der Waals surface area contributed by atoms with Gasteiger partial charge in [0, 0.05) is 0 Å². The third-order valence-corrected chi connectivity index (χ3v) is 3.53. The van der Waals surface area contributed by atoms with E-state index in [0.29, 0.717) is 6.61 Å². The topological polar surface area (TPSA) is 29.5 Å². The second-order valence-electron chi connectivity index (χ2n) is 4.31. The van der Waals surface area contributed by atoms with E-state index in [2.05, 4.69) is 4.90 Å². The Morgan fingerprint density at radius 3 is 2.71 bits per heavy atom. The van der Waals surface area contributed by atoms with Crippen LogP contribution in [0.25, 0.3) is 0 Å². The maximum atomic E-state index is 11.8. The number of piperidine rings is 3. The molecule has 2 bridgehead atoms. The molecule has 3 fully saturated rings. The monoisotopic (exact) mass is 193 g/mol. The van der Waals surface area contributed by atoms with Crippen LogP contribution in [0.3, 0.4) is 0 Å². The molecule has 2 radical (unpaired) electrons. The van der Waals surface area contributed by atoms with Crippen LogP contribution in [0.2, 0.25) is 0 Å². The van der Waals surface area contributed by atoms with E-state index in [9.17, 15) is 4.79 Å².